The average Bonchev–Trinajstić information content (AvgIpc) is 2.42. The molecule has 0 fully saturated rings. The summed E-state index contributed by atoms with van der Waals surface area (Å²) in [6.07, 6.45) is 0. The number of rotatable bonds is 7. The predicted octanol–water partition coefficient (Wildman–Crippen LogP) is 3.05. The molecule has 2 atom stereocenters. The monoisotopic (exact) mass is 251 g/mol. The predicted molar refractivity (Wildman–Crippen MR) is 75.7 cm³/mol. The second-order valence-electron chi connectivity index (χ2n) is 4.69. The van der Waals surface area contributed by atoms with E-state index < -0.39 is 0 Å². The Balaban J connectivity index is 2.82. The van der Waals surface area contributed by atoms with Crippen LogP contribution in [0.1, 0.15) is 32.3 Å². The summed E-state index contributed by atoms with van der Waals surface area (Å²) in [4.78, 5) is 0. The van der Waals surface area contributed by atoms with Gasteiger partial charge in [0, 0.05) is 0 Å². The van der Waals surface area contributed by atoms with Crippen LogP contribution >= 0.6 is 0 Å². The standard InChI is InChI=1S/C15H25NO2/c1-6-16-10-11(2)12(3)13-7-8-14(17-4)15(9-13)18-5/h7-9,11-12,16H,6,10H2,1-5H3. The van der Waals surface area contributed by atoms with Gasteiger partial charge in [0.05, 0.1) is 14.2 Å². The van der Waals surface area contributed by atoms with Crippen molar-refractivity contribution >= 4 is 0 Å². The Bertz CT molecular complexity index is 366. The zero-order chi connectivity index (χ0) is 13.5. The molecular formula is C15H25NO2. The lowest BCUT2D eigenvalue weighted by Crippen LogP contribution is -2.24. The maximum Gasteiger partial charge on any atom is 0.160 e. The summed E-state index contributed by atoms with van der Waals surface area (Å²) in [5, 5.41) is 3.39. The molecule has 0 heterocycles. The minimum absolute atomic E-state index is 0.490. The topological polar surface area (TPSA) is 30.5 Å². The van der Waals surface area contributed by atoms with Crippen molar-refractivity contribution in [1.82, 2.24) is 5.32 Å². The molecular weight excluding hydrogens is 226 g/mol. The van der Waals surface area contributed by atoms with E-state index in [-0.39, 0.29) is 0 Å². The van der Waals surface area contributed by atoms with Crippen molar-refractivity contribution in [2.75, 3.05) is 27.3 Å². The number of methoxy groups -OCH3 is 2. The third-order valence-electron chi connectivity index (χ3n) is 3.50. The first-order valence-electron chi connectivity index (χ1n) is 6.56. The van der Waals surface area contributed by atoms with E-state index in [1.807, 2.05) is 6.07 Å². The number of hydrogen-bond acceptors (Lipinski definition) is 3. The van der Waals surface area contributed by atoms with Crippen molar-refractivity contribution in [3.05, 3.63) is 23.8 Å². The summed E-state index contributed by atoms with van der Waals surface area (Å²) in [6.45, 7) is 8.70. The van der Waals surface area contributed by atoms with Crippen molar-refractivity contribution in [2.24, 2.45) is 5.92 Å². The van der Waals surface area contributed by atoms with Gasteiger partial charge in [-0.05, 0) is 42.6 Å². The van der Waals surface area contributed by atoms with E-state index in [4.69, 9.17) is 9.47 Å². The van der Waals surface area contributed by atoms with Gasteiger partial charge in [-0.1, -0.05) is 26.8 Å². The van der Waals surface area contributed by atoms with E-state index in [1.165, 1.54) is 5.56 Å². The average molecular weight is 251 g/mol. The smallest absolute Gasteiger partial charge is 0.160 e. The molecule has 0 spiro atoms. The minimum Gasteiger partial charge on any atom is -0.493 e. The lowest BCUT2D eigenvalue weighted by molar-refractivity contribution is 0.353. The minimum atomic E-state index is 0.490. The van der Waals surface area contributed by atoms with Crippen LogP contribution in [0.25, 0.3) is 0 Å². The summed E-state index contributed by atoms with van der Waals surface area (Å²) in [7, 11) is 3.34. The van der Waals surface area contributed by atoms with E-state index in [9.17, 15) is 0 Å². The first-order chi connectivity index (χ1) is 8.63. The van der Waals surface area contributed by atoms with Gasteiger partial charge < -0.3 is 14.8 Å². The lowest BCUT2D eigenvalue weighted by atomic mass is 9.88. The van der Waals surface area contributed by atoms with Crippen molar-refractivity contribution in [2.45, 2.75) is 26.7 Å². The maximum atomic E-state index is 5.35. The van der Waals surface area contributed by atoms with E-state index in [0.717, 1.165) is 24.6 Å². The van der Waals surface area contributed by atoms with Crippen molar-refractivity contribution in [3.63, 3.8) is 0 Å². The molecule has 0 radical (unpaired) electrons. The molecule has 18 heavy (non-hydrogen) atoms. The number of benzene rings is 1. The third kappa shape index (κ3) is 3.64. The van der Waals surface area contributed by atoms with E-state index >= 15 is 0 Å². The Morgan fingerprint density at radius 2 is 1.78 bits per heavy atom. The Morgan fingerprint density at radius 3 is 2.33 bits per heavy atom. The Hall–Kier alpha value is -1.22. The Labute approximate surface area is 110 Å². The first kappa shape index (κ1) is 14.8. The van der Waals surface area contributed by atoms with Crippen molar-refractivity contribution < 1.29 is 9.47 Å². The van der Waals surface area contributed by atoms with Gasteiger partial charge in [-0.15, -0.1) is 0 Å². The molecule has 1 rings (SSSR count). The Kier molecular flexibility index (Phi) is 5.99. The van der Waals surface area contributed by atoms with Crippen molar-refractivity contribution in [3.8, 4) is 11.5 Å². The zero-order valence-corrected chi connectivity index (χ0v) is 12.1. The largest absolute Gasteiger partial charge is 0.493 e. The van der Waals surface area contributed by atoms with Crippen LogP contribution in [0.4, 0.5) is 0 Å². The van der Waals surface area contributed by atoms with Gasteiger partial charge in [0.15, 0.2) is 11.5 Å². The number of hydrogen-bond donors (Lipinski definition) is 1. The molecule has 0 aliphatic heterocycles. The van der Waals surface area contributed by atoms with Crippen LogP contribution < -0.4 is 14.8 Å². The fraction of sp³-hybridized carbons (Fsp3) is 0.600. The molecule has 0 saturated heterocycles. The molecule has 0 bridgehead atoms. The van der Waals surface area contributed by atoms with E-state index in [2.05, 4.69) is 38.2 Å². The summed E-state index contributed by atoms with van der Waals surface area (Å²) in [5.74, 6) is 2.66. The molecule has 0 aromatic heterocycles. The van der Waals surface area contributed by atoms with Gasteiger partial charge in [0.25, 0.3) is 0 Å². The van der Waals surface area contributed by atoms with Crippen LogP contribution in [0.15, 0.2) is 18.2 Å². The number of nitrogens with one attached hydrogen (secondary N) is 1. The first-order valence-corrected chi connectivity index (χ1v) is 6.56. The quantitative estimate of drug-likeness (QED) is 0.808. The second-order valence-corrected chi connectivity index (χ2v) is 4.69. The van der Waals surface area contributed by atoms with Gasteiger partial charge in [-0.2, -0.15) is 0 Å². The molecule has 0 aliphatic carbocycles. The van der Waals surface area contributed by atoms with E-state index in [0.29, 0.717) is 11.8 Å². The summed E-state index contributed by atoms with van der Waals surface area (Å²) < 4.78 is 10.6. The van der Waals surface area contributed by atoms with Crippen LogP contribution in [0.2, 0.25) is 0 Å². The molecule has 2 unspecified atom stereocenters. The molecule has 1 aromatic carbocycles. The normalized spacial score (nSPS) is 14.1. The fourth-order valence-electron chi connectivity index (χ4n) is 2.01. The van der Waals surface area contributed by atoms with E-state index in [1.54, 1.807) is 14.2 Å². The highest BCUT2D eigenvalue weighted by Gasteiger charge is 2.16. The molecule has 102 valence electrons. The number of ether oxygens (including phenoxy) is 2. The van der Waals surface area contributed by atoms with Crippen molar-refractivity contribution in [1.29, 1.82) is 0 Å². The van der Waals surface area contributed by atoms with Gasteiger partial charge in [-0.3, -0.25) is 0 Å². The Morgan fingerprint density at radius 1 is 1.11 bits per heavy atom. The van der Waals surface area contributed by atoms with Crippen LogP contribution in [0.3, 0.4) is 0 Å². The fourth-order valence-corrected chi connectivity index (χ4v) is 2.01. The molecule has 0 amide bonds. The molecule has 1 aromatic rings. The second kappa shape index (κ2) is 7.27. The van der Waals surface area contributed by atoms with Gasteiger partial charge in [-0.25, -0.2) is 0 Å². The van der Waals surface area contributed by atoms with Crippen LogP contribution in [0, 0.1) is 5.92 Å². The van der Waals surface area contributed by atoms with Gasteiger partial charge in [0.1, 0.15) is 0 Å². The molecule has 3 heteroatoms. The lowest BCUT2D eigenvalue weighted by Gasteiger charge is -2.21. The van der Waals surface area contributed by atoms with Gasteiger partial charge in [0.2, 0.25) is 0 Å². The summed E-state index contributed by atoms with van der Waals surface area (Å²) in [6, 6.07) is 6.17. The molecule has 3 nitrogen and oxygen atoms in total. The van der Waals surface area contributed by atoms with Crippen LogP contribution in [-0.4, -0.2) is 27.3 Å². The highest BCUT2D eigenvalue weighted by molar-refractivity contribution is 5.43. The van der Waals surface area contributed by atoms with Crippen LogP contribution in [-0.2, 0) is 0 Å². The maximum absolute atomic E-state index is 5.35. The highest BCUT2D eigenvalue weighted by Crippen LogP contribution is 2.32. The SMILES string of the molecule is CCNCC(C)C(C)c1ccc(OC)c(OC)c1. The third-order valence-corrected chi connectivity index (χ3v) is 3.50. The molecule has 1 N–H and O–H groups in total. The zero-order valence-electron chi connectivity index (χ0n) is 12.1. The summed E-state index contributed by atoms with van der Waals surface area (Å²) >= 11 is 0. The van der Waals surface area contributed by atoms with Gasteiger partial charge >= 0.3 is 0 Å². The molecule has 0 saturated carbocycles. The van der Waals surface area contributed by atoms with Crippen LogP contribution in [0.5, 0.6) is 11.5 Å². The molecule has 0 aliphatic rings. The highest BCUT2D eigenvalue weighted by atomic mass is 16.5. The summed E-state index contributed by atoms with van der Waals surface area (Å²) in [5.41, 5.74) is 1.29.